The van der Waals surface area contributed by atoms with Crippen LogP contribution in [-0.4, -0.2) is 29.7 Å². The summed E-state index contributed by atoms with van der Waals surface area (Å²) in [6.07, 6.45) is 1.10. The third-order valence-electron chi connectivity index (χ3n) is 2.98. The van der Waals surface area contributed by atoms with E-state index in [2.05, 4.69) is 5.32 Å². The van der Waals surface area contributed by atoms with E-state index in [0.717, 1.165) is 18.4 Å². The van der Waals surface area contributed by atoms with Gasteiger partial charge in [0, 0.05) is 12.6 Å². The number of nitrogens with one attached hydrogen (secondary N) is 1. The molecule has 0 bridgehead atoms. The fraction of sp³-hybridized carbons (Fsp3) is 0.500. The van der Waals surface area contributed by atoms with Gasteiger partial charge >= 0.3 is 0 Å². The van der Waals surface area contributed by atoms with Crippen LogP contribution in [0.15, 0.2) is 30.3 Å². The van der Waals surface area contributed by atoms with Crippen LogP contribution in [0.4, 0.5) is 0 Å². The van der Waals surface area contributed by atoms with E-state index in [0.29, 0.717) is 19.5 Å². The molecule has 0 spiro atoms. The topological polar surface area (TPSA) is 101 Å². The summed E-state index contributed by atoms with van der Waals surface area (Å²) in [6, 6.07) is 8.99. The normalized spacial score (nSPS) is 13.8. The average Bonchev–Trinajstić information content (AvgIpc) is 2.45. The third-order valence-corrected chi connectivity index (χ3v) is 2.98. The minimum Gasteiger partial charge on any atom is -0.382 e. The van der Waals surface area contributed by atoms with Crippen molar-refractivity contribution >= 4 is 5.91 Å². The molecule has 0 heterocycles. The monoisotopic (exact) mass is 265 g/mol. The smallest absolute Gasteiger partial charge is 0.250 e. The highest BCUT2D eigenvalue weighted by atomic mass is 16.3. The second kappa shape index (κ2) is 8.63. The maximum absolute atomic E-state index is 11.7. The number of unbranched alkanes of at least 4 members (excludes halogenated alkanes) is 1. The molecule has 1 aromatic rings. The first-order chi connectivity index (χ1) is 9.15. The van der Waals surface area contributed by atoms with Crippen molar-refractivity contribution < 1.29 is 9.90 Å². The molecule has 5 heteroatoms. The standard InChI is InChI=1S/C14H23N3O2/c15-9-5-4-8-12(16)13(18)14(19)17-10-11-6-2-1-3-7-11/h1-3,6-7,12-13,18H,4-5,8-10,15-16H2,(H,17,19). The van der Waals surface area contributed by atoms with Gasteiger partial charge in [0.15, 0.2) is 0 Å². The fourth-order valence-electron chi connectivity index (χ4n) is 1.77. The zero-order valence-corrected chi connectivity index (χ0v) is 11.1. The number of carbonyl (C=O) groups excluding carboxylic acids is 1. The van der Waals surface area contributed by atoms with E-state index in [1.165, 1.54) is 0 Å². The van der Waals surface area contributed by atoms with Gasteiger partial charge < -0.3 is 21.9 Å². The Hall–Kier alpha value is -1.43. The molecule has 0 aromatic heterocycles. The summed E-state index contributed by atoms with van der Waals surface area (Å²) in [7, 11) is 0. The molecule has 0 saturated heterocycles. The molecule has 0 saturated carbocycles. The number of benzene rings is 1. The maximum atomic E-state index is 11.7. The van der Waals surface area contributed by atoms with Gasteiger partial charge in [-0.15, -0.1) is 0 Å². The Morgan fingerprint density at radius 1 is 1.26 bits per heavy atom. The van der Waals surface area contributed by atoms with Crippen molar-refractivity contribution in [1.82, 2.24) is 5.32 Å². The first kappa shape index (κ1) is 15.6. The SMILES string of the molecule is NCCCCC(N)C(O)C(=O)NCc1ccccc1. The van der Waals surface area contributed by atoms with E-state index in [1.54, 1.807) is 0 Å². The summed E-state index contributed by atoms with van der Waals surface area (Å²) in [5.74, 6) is -0.427. The van der Waals surface area contributed by atoms with Crippen LogP contribution in [0, 0.1) is 0 Å². The molecule has 0 radical (unpaired) electrons. The van der Waals surface area contributed by atoms with Crippen LogP contribution in [0.25, 0.3) is 0 Å². The second-order valence-corrected chi connectivity index (χ2v) is 4.60. The third kappa shape index (κ3) is 5.83. The van der Waals surface area contributed by atoms with Gasteiger partial charge in [-0.05, 0) is 24.9 Å². The number of rotatable bonds is 8. The van der Waals surface area contributed by atoms with E-state index in [4.69, 9.17) is 11.5 Å². The molecule has 5 nitrogen and oxygen atoms in total. The van der Waals surface area contributed by atoms with Crippen molar-refractivity contribution in [1.29, 1.82) is 0 Å². The lowest BCUT2D eigenvalue weighted by Gasteiger charge is -2.18. The Balaban J connectivity index is 2.31. The summed E-state index contributed by atoms with van der Waals surface area (Å²) in [4.78, 5) is 11.7. The highest BCUT2D eigenvalue weighted by Crippen LogP contribution is 2.03. The van der Waals surface area contributed by atoms with E-state index in [-0.39, 0.29) is 0 Å². The summed E-state index contributed by atoms with van der Waals surface area (Å²) in [5, 5.41) is 12.5. The van der Waals surface area contributed by atoms with Crippen LogP contribution in [0.5, 0.6) is 0 Å². The minimum absolute atomic E-state index is 0.395. The first-order valence-corrected chi connectivity index (χ1v) is 6.60. The molecule has 2 atom stereocenters. The van der Waals surface area contributed by atoms with Gasteiger partial charge in [0.1, 0.15) is 6.10 Å². The summed E-state index contributed by atoms with van der Waals surface area (Å²) in [6.45, 7) is 0.995. The molecule has 106 valence electrons. The van der Waals surface area contributed by atoms with Gasteiger partial charge in [-0.2, -0.15) is 0 Å². The Kier molecular flexibility index (Phi) is 7.10. The minimum atomic E-state index is -1.17. The molecular weight excluding hydrogens is 242 g/mol. The molecule has 0 fully saturated rings. The van der Waals surface area contributed by atoms with E-state index < -0.39 is 18.1 Å². The number of nitrogens with two attached hydrogens (primary N) is 2. The second-order valence-electron chi connectivity index (χ2n) is 4.60. The molecule has 1 amide bonds. The van der Waals surface area contributed by atoms with Crippen LogP contribution in [-0.2, 0) is 11.3 Å². The lowest BCUT2D eigenvalue weighted by molar-refractivity contribution is -0.130. The van der Waals surface area contributed by atoms with Crippen LogP contribution in [0.1, 0.15) is 24.8 Å². The number of aliphatic hydroxyl groups is 1. The van der Waals surface area contributed by atoms with Crippen LogP contribution >= 0.6 is 0 Å². The van der Waals surface area contributed by atoms with Crippen molar-refractivity contribution in [2.75, 3.05) is 6.54 Å². The molecule has 19 heavy (non-hydrogen) atoms. The average molecular weight is 265 g/mol. The largest absolute Gasteiger partial charge is 0.382 e. The molecule has 0 aliphatic carbocycles. The van der Waals surface area contributed by atoms with Gasteiger partial charge in [0.2, 0.25) is 0 Å². The molecule has 6 N–H and O–H groups in total. The Morgan fingerprint density at radius 3 is 2.58 bits per heavy atom. The van der Waals surface area contributed by atoms with Gasteiger partial charge in [-0.1, -0.05) is 36.8 Å². The van der Waals surface area contributed by atoms with Crippen molar-refractivity contribution in [2.24, 2.45) is 11.5 Å². The molecule has 2 unspecified atom stereocenters. The summed E-state index contributed by atoms with van der Waals surface area (Å²) >= 11 is 0. The van der Waals surface area contributed by atoms with Crippen molar-refractivity contribution in [2.45, 2.75) is 38.0 Å². The van der Waals surface area contributed by atoms with Crippen molar-refractivity contribution in [3.8, 4) is 0 Å². The van der Waals surface area contributed by atoms with Crippen molar-refractivity contribution in [3.63, 3.8) is 0 Å². The van der Waals surface area contributed by atoms with E-state index in [1.807, 2.05) is 30.3 Å². The Bertz CT molecular complexity index is 370. The predicted molar refractivity (Wildman–Crippen MR) is 75.2 cm³/mol. The zero-order chi connectivity index (χ0) is 14.1. The Morgan fingerprint density at radius 2 is 1.95 bits per heavy atom. The summed E-state index contributed by atoms with van der Waals surface area (Å²) < 4.78 is 0. The number of amides is 1. The number of carbonyl (C=O) groups is 1. The van der Waals surface area contributed by atoms with Gasteiger partial charge in [-0.25, -0.2) is 0 Å². The van der Waals surface area contributed by atoms with Gasteiger partial charge in [0.05, 0.1) is 0 Å². The van der Waals surface area contributed by atoms with Crippen LogP contribution in [0.2, 0.25) is 0 Å². The highest BCUT2D eigenvalue weighted by molar-refractivity contribution is 5.81. The van der Waals surface area contributed by atoms with Gasteiger partial charge in [-0.3, -0.25) is 4.79 Å². The fourth-order valence-corrected chi connectivity index (χ4v) is 1.77. The van der Waals surface area contributed by atoms with Crippen molar-refractivity contribution in [3.05, 3.63) is 35.9 Å². The quantitative estimate of drug-likeness (QED) is 0.501. The Labute approximate surface area is 114 Å². The predicted octanol–water partition coefficient (Wildman–Crippen LogP) is 0.120. The number of hydrogen-bond donors (Lipinski definition) is 4. The number of aliphatic hydroxyl groups excluding tert-OH is 1. The lowest BCUT2D eigenvalue weighted by atomic mass is 10.0. The van der Waals surface area contributed by atoms with Gasteiger partial charge in [0.25, 0.3) is 5.91 Å². The first-order valence-electron chi connectivity index (χ1n) is 6.60. The van der Waals surface area contributed by atoms with Crippen LogP contribution < -0.4 is 16.8 Å². The molecular formula is C14H23N3O2. The maximum Gasteiger partial charge on any atom is 0.250 e. The lowest BCUT2D eigenvalue weighted by Crippen LogP contribution is -2.46. The molecule has 0 aliphatic rings. The molecule has 0 aliphatic heterocycles. The molecule has 1 aromatic carbocycles. The molecule has 1 rings (SSSR count). The highest BCUT2D eigenvalue weighted by Gasteiger charge is 2.21. The van der Waals surface area contributed by atoms with E-state index in [9.17, 15) is 9.90 Å². The zero-order valence-electron chi connectivity index (χ0n) is 11.1. The van der Waals surface area contributed by atoms with E-state index >= 15 is 0 Å². The number of hydrogen-bond acceptors (Lipinski definition) is 4. The van der Waals surface area contributed by atoms with Crippen LogP contribution in [0.3, 0.4) is 0 Å². The summed E-state index contributed by atoms with van der Waals surface area (Å²) in [5.41, 5.74) is 12.1.